The number of nitrogens with two attached hydrogens (primary N) is 1. The first kappa shape index (κ1) is 15.5. The molecule has 0 radical (unpaired) electrons. The number of phenolic OH excluding ortho intramolecular Hbond substituents is 1. The zero-order valence-electron chi connectivity index (χ0n) is 12.0. The van der Waals surface area contributed by atoms with Gasteiger partial charge in [-0.05, 0) is 29.8 Å². The van der Waals surface area contributed by atoms with Crippen LogP contribution in [0.15, 0.2) is 48.5 Å². The van der Waals surface area contributed by atoms with Crippen LogP contribution in [0.1, 0.15) is 5.56 Å². The average molecular weight is 302 g/mol. The molecule has 0 saturated heterocycles. The second kappa shape index (κ2) is 7.21. The van der Waals surface area contributed by atoms with Crippen LogP contribution in [0.3, 0.4) is 0 Å². The van der Waals surface area contributed by atoms with Crippen LogP contribution in [0.4, 0.5) is 10.5 Å². The van der Waals surface area contributed by atoms with Crippen LogP contribution in [-0.2, 0) is 6.54 Å². The molecule has 6 heteroatoms. The van der Waals surface area contributed by atoms with Gasteiger partial charge >= 0.3 is 6.09 Å². The second-order valence-corrected chi connectivity index (χ2v) is 4.79. The van der Waals surface area contributed by atoms with Crippen LogP contribution < -0.4 is 10.5 Å². The van der Waals surface area contributed by atoms with E-state index in [1.165, 1.54) is 17.0 Å². The highest BCUT2D eigenvalue weighted by Gasteiger charge is 2.12. The van der Waals surface area contributed by atoms with Crippen molar-refractivity contribution in [1.82, 2.24) is 4.90 Å². The van der Waals surface area contributed by atoms with Crippen LogP contribution in [0.2, 0.25) is 0 Å². The van der Waals surface area contributed by atoms with Crippen molar-refractivity contribution in [2.45, 2.75) is 6.54 Å². The fourth-order valence-electron chi connectivity index (χ4n) is 2.00. The Morgan fingerprint density at radius 2 is 1.95 bits per heavy atom. The largest absolute Gasteiger partial charge is 0.508 e. The van der Waals surface area contributed by atoms with Gasteiger partial charge in [-0.25, -0.2) is 4.79 Å². The normalized spacial score (nSPS) is 10.2. The molecular formula is C16H18N2O4. The van der Waals surface area contributed by atoms with Gasteiger partial charge in [-0.2, -0.15) is 0 Å². The van der Waals surface area contributed by atoms with Crippen LogP contribution in [0, 0.1) is 0 Å². The van der Waals surface area contributed by atoms with Crippen molar-refractivity contribution >= 4 is 11.8 Å². The molecular weight excluding hydrogens is 284 g/mol. The third-order valence-corrected chi connectivity index (χ3v) is 3.04. The van der Waals surface area contributed by atoms with Crippen molar-refractivity contribution in [3.63, 3.8) is 0 Å². The molecule has 4 N–H and O–H groups in total. The second-order valence-electron chi connectivity index (χ2n) is 4.79. The van der Waals surface area contributed by atoms with E-state index in [1.807, 2.05) is 6.07 Å². The van der Waals surface area contributed by atoms with E-state index in [1.54, 1.807) is 30.3 Å². The zero-order chi connectivity index (χ0) is 15.9. The Bertz CT molecular complexity index is 646. The molecule has 0 heterocycles. The molecule has 116 valence electrons. The van der Waals surface area contributed by atoms with Gasteiger partial charge < -0.3 is 25.6 Å². The van der Waals surface area contributed by atoms with Gasteiger partial charge in [0.1, 0.15) is 18.1 Å². The van der Waals surface area contributed by atoms with E-state index in [0.29, 0.717) is 11.4 Å². The van der Waals surface area contributed by atoms with E-state index in [0.717, 1.165) is 5.56 Å². The number of ether oxygens (including phenoxy) is 1. The Morgan fingerprint density at radius 3 is 2.64 bits per heavy atom. The molecule has 0 spiro atoms. The highest BCUT2D eigenvalue weighted by Crippen LogP contribution is 2.17. The summed E-state index contributed by atoms with van der Waals surface area (Å²) in [7, 11) is 0. The number of carbonyl (C=O) groups is 1. The summed E-state index contributed by atoms with van der Waals surface area (Å²) in [6.45, 7) is 0.641. The molecule has 2 aromatic rings. The Hall–Kier alpha value is -2.89. The summed E-state index contributed by atoms with van der Waals surface area (Å²) < 4.78 is 5.44. The lowest BCUT2D eigenvalue weighted by molar-refractivity contribution is 0.132. The minimum Gasteiger partial charge on any atom is -0.508 e. The highest BCUT2D eigenvalue weighted by atomic mass is 16.5. The summed E-state index contributed by atoms with van der Waals surface area (Å²) in [6.07, 6.45) is -1.03. The highest BCUT2D eigenvalue weighted by molar-refractivity contribution is 5.65. The first-order valence-corrected chi connectivity index (χ1v) is 6.79. The van der Waals surface area contributed by atoms with Crippen molar-refractivity contribution in [1.29, 1.82) is 0 Å². The number of nitrogens with zero attached hydrogens (tertiary/aromatic N) is 1. The van der Waals surface area contributed by atoms with Gasteiger partial charge in [0, 0.05) is 18.3 Å². The van der Waals surface area contributed by atoms with E-state index >= 15 is 0 Å². The summed E-state index contributed by atoms with van der Waals surface area (Å²) in [6, 6.07) is 13.5. The molecule has 0 aliphatic carbocycles. The Balaban J connectivity index is 1.90. The van der Waals surface area contributed by atoms with E-state index in [2.05, 4.69) is 0 Å². The number of carboxylic acid groups (broad SMARTS) is 1. The number of phenols is 1. The van der Waals surface area contributed by atoms with Gasteiger partial charge in [0.05, 0.1) is 6.54 Å². The minimum absolute atomic E-state index is 0.104. The summed E-state index contributed by atoms with van der Waals surface area (Å²) in [5, 5.41) is 18.6. The van der Waals surface area contributed by atoms with Gasteiger partial charge in [0.2, 0.25) is 0 Å². The maximum Gasteiger partial charge on any atom is 0.407 e. The number of hydrogen-bond donors (Lipinski definition) is 3. The predicted molar refractivity (Wildman–Crippen MR) is 82.9 cm³/mol. The molecule has 22 heavy (non-hydrogen) atoms. The van der Waals surface area contributed by atoms with Gasteiger partial charge in [0.25, 0.3) is 0 Å². The Labute approximate surface area is 128 Å². The topological polar surface area (TPSA) is 96.0 Å². The Kier molecular flexibility index (Phi) is 5.08. The molecule has 1 amide bonds. The molecule has 0 fully saturated rings. The van der Waals surface area contributed by atoms with E-state index in [-0.39, 0.29) is 25.4 Å². The maximum absolute atomic E-state index is 11.3. The van der Waals surface area contributed by atoms with E-state index in [4.69, 9.17) is 10.5 Å². The van der Waals surface area contributed by atoms with Crippen molar-refractivity contribution in [3.05, 3.63) is 54.1 Å². The number of aromatic hydroxyl groups is 1. The molecule has 0 saturated carbocycles. The van der Waals surface area contributed by atoms with Crippen LogP contribution in [-0.4, -0.2) is 34.4 Å². The summed E-state index contributed by atoms with van der Waals surface area (Å²) in [5.41, 5.74) is 7.10. The smallest absolute Gasteiger partial charge is 0.407 e. The van der Waals surface area contributed by atoms with Crippen molar-refractivity contribution < 1.29 is 19.7 Å². The number of benzene rings is 2. The SMILES string of the molecule is Nc1cccc(CN(CCOc2cccc(O)c2)C(=O)O)c1. The lowest BCUT2D eigenvalue weighted by Crippen LogP contribution is -2.32. The number of amides is 1. The molecule has 0 bridgehead atoms. The van der Waals surface area contributed by atoms with Gasteiger partial charge in [-0.3, -0.25) is 0 Å². The predicted octanol–water partition coefficient (Wildman–Crippen LogP) is 2.53. The first-order valence-electron chi connectivity index (χ1n) is 6.79. The molecule has 0 aliphatic rings. The summed E-state index contributed by atoms with van der Waals surface area (Å²) in [4.78, 5) is 12.5. The Morgan fingerprint density at radius 1 is 1.18 bits per heavy atom. The number of nitrogen functional groups attached to an aromatic ring is 1. The lowest BCUT2D eigenvalue weighted by Gasteiger charge is -2.19. The molecule has 2 aromatic carbocycles. The third kappa shape index (κ3) is 4.59. The van der Waals surface area contributed by atoms with Crippen LogP contribution in [0.25, 0.3) is 0 Å². The van der Waals surface area contributed by atoms with Crippen molar-refractivity contribution in [2.24, 2.45) is 0 Å². The fraction of sp³-hybridized carbons (Fsp3) is 0.188. The maximum atomic E-state index is 11.3. The number of anilines is 1. The number of rotatable bonds is 6. The monoisotopic (exact) mass is 302 g/mol. The zero-order valence-corrected chi connectivity index (χ0v) is 12.0. The molecule has 2 rings (SSSR count). The van der Waals surface area contributed by atoms with Crippen LogP contribution in [0.5, 0.6) is 11.5 Å². The summed E-state index contributed by atoms with van der Waals surface area (Å²) in [5.74, 6) is 0.599. The third-order valence-electron chi connectivity index (χ3n) is 3.04. The van der Waals surface area contributed by atoms with Gasteiger partial charge in [-0.1, -0.05) is 18.2 Å². The lowest BCUT2D eigenvalue weighted by atomic mass is 10.2. The first-order chi connectivity index (χ1) is 10.5. The number of hydrogen-bond acceptors (Lipinski definition) is 4. The molecule has 0 atom stereocenters. The summed E-state index contributed by atoms with van der Waals surface area (Å²) >= 11 is 0. The minimum atomic E-state index is -1.03. The van der Waals surface area contributed by atoms with Crippen LogP contribution >= 0.6 is 0 Å². The van der Waals surface area contributed by atoms with Gasteiger partial charge in [-0.15, -0.1) is 0 Å². The van der Waals surface area contributed by atoms with Crippen molar-refractivity contribution in [3.8, 4) is 11.5 Å². The van der Waals surface area contributed by atoms with E-state index in [9.17, 15) is 15.0 Å². The standard InChI is InChI=1S/C16H18N2O4/c17-13-4-1-3-12(9-13)11-18(16(20)21)7-8-22-15-6-2-5-14(19)10-15/h1-6,9-10,19H,7-8,11,17H2,(H,20,21). The molecule has 0 aromatic heterocycles. The molecule has 6 nitrogen and oxygen atoms in total. The molecule has 0 unspecified atom stereocenters. The molecule has 0 aliphatic heterocycles. The van der Waals surface area contributed by atoms with E-state index < -0.39 is 6.09 Å². The quantitative estimate of drug-likeness (QED) is 0.713. The fourth-order valence-corrected chi connectivity index (χ4v) is 2.00. The van der Waals surface area contributed by atoms with Gasteiger partial charge in [0.15, 0.2) is 0 Å². The van der Waals surface area contributed by atoms with Crippen molar-refractivity contribution in [2.75, 3.05) is 18.9 Å². The average Bonchev–Trinajstić information content (AvgIpc) is 2.46.